The van der Waals surface area contributed by atoms with Gasteiger partial charge in [-0.3, -0.25) is 4.99 Å². The van der Waals surface area contributed by atoms with Crippen molar-refractivity contribution in [3.05, 3.63) is 48.5 Å². The standard InChI is InChI=1S/C15H17N5O2S/c1-17-10-11-18-23(21,22)15-8-6-14(7-9-15)20-19-13-4-2-12(16)3-5-13/h2-10,18H,11,16H2,1H3. The average molecular weight is 331 g/mol. The number of aliphatic imine (C=N–C) groups is 1. The molecule has 0 saturated heterocycles. The third-order valence-corrected chi connectivity index (χ3v) is 4.31. The van der Waals surface area contributed by atoms with Crippen molar-refractivity contribution in [3.63, 3.8) is 0 Å². The fourth-order valence-corrected chi connectivity index (χ4v) is 2.63. The molecule has 0 amide bonds. The largest absolute Gasteiger partial charge is 0.399 e. The number of nitrogen functional groups attached to an aromatic ring is 1. The molecule has 0 spiro atoms. The number of benzene rings is 2. The summed E-state index contributed by atoms with van der Waals surface area (Å²) < 4.78 is 26.4. The number of nitrogens with two attached hydrogens (primary N) is 1. The average Bonchev–Trinajstić information content (AvgIpc) is 2.55. The lowest BCUT2D eigenvalue weighted by atomic mass is 10.3. The Morgan fingerprint density at radius 1 is 1.00 bits per heavy atom. The van der Waals surface area contributed by atoms with Crippen molar-refractivity contribution in [1.82, 2.24) is 4.72 Å². The molecule has 2 rings (SSSR count). The molecule has 120 valence electrons. The number of anilines is 1. The van der Waals surface area contributed by atoms with E-state index in [1.54, 1.807) is 43.4 Å². The van der Waals surface area contributed by atoms with Gasteiger partial charge in [0.1, 0.15) is 0 Å². The highest BCUT2D eigenvalue weighted by Crippen LogP contribution is 2.20. The highest BCUT2D eigenvalue weighted by Gasteiger charge is 2.12. The predicted octanol–water partition coefficient (Wildman–Crippen LogP) is 2.66. The van der Waals surface area contributed by atoms with E-state index in [0.717, 1.165) is 0 Å². The second-order valence-electron chi connectivity index (χ2n) is 4.58. The first-order valence-corrected chi connectivity index (χ1v) is 8.27. The number of azo groups is 1. The Hall–Kier alpha value is -2.58. The van der Waals surface area contributed by atoms with Crippen LogP contribution in [0.3, 0.4) is 0 Å². The van der Waals surface area contributed by atoms with Crippen molar-refractivity contribution in [3.8, 4) is 0 Å². The summed E-state index contributed by atoms with van der Waals surface area (Å²) >= 11 is 0. The fraction of sp³-hybridized carbons (Fsp3) is 0.133. The van der Waals surface area contributed by atoms with E-state index >= 15 is 0 Å². The van der Waals surface area contributed by atoms with Crippen LogP contribution < -0.4 is 10.5 Å². The monoisotopic (exact) mass is 331 g/mol. The summed E-state index contributed by atoms with van der Waals surface area (Å²) in [7, 11) is -1.97. The molecule has 0 atom stereocenters. The van der Waals surface area contributed by atoms with Gasteiger partial charge in [0.2, 0.25) is 10.0 Å². The van der Waals surface area contributed by atoms with Gasteiger partial charge in [-0.1, -0.05) is 0 Å². The summed E-state index contributed by atoms with van der Waals surface area (Å²) in [6, 6.07) is 13.1. The van der Waals surface area contributed by atoms with Crippen LogP contribution >= 0.6 is 0 Å². The highest BCUT2D eigenvalue weighted by molar-refractivity contribution is 7.89. The van der Waals surface area contributed by atoms with Gasteiger partial charge in [0, 0.05) is 25.5 Å². The first-order chi connectivity index (χ1) is 11.0. The van der Waals surface area contributed by atoms with Crippen molar-refractivity contribution in [2.45, 2.75) is 4.90 Å². The maximum absolute atomic E-state index is 12.0. The van der Waals surface area contributed by atoms with Gasteiger partial charge in [-0.15, -0.1) is 0 Å². The third kappa shape index (κ3) is 4.97. The molecule has 0 heterocycles. The molecular weight excluding hydrogens is 314 g/mol. The van der Waals surface area contributed by atoms with Crippen LogP contribution in [-0.2, 0) is 10.0 Å². The van der Waals surface area contributed by atoms with E-state index < -0.39 is 10.0 Å². The Bertz CT molecular complexity index is 797. The maximum atomic E-state index is 12.0. The topological polar surface area (TPSA) is 109 Å². The van der Waals surface area contributed by atoms with Crippen molar-refractivity contribution in [2.75, 3.05) is 19.3 Å². The first kappa shape index (κ1) is 16.8. The Kier molecular flexibility index (Phi) is 5.56. The minimum Gasteiger partial charge on any atom is -0.399 e. The lowest BCUT2D eigenvalue weighted by molar-refractivity contribution is 0.586. The Morgan fingerprint density at radius 2 is 1.52 bits per heavy atom. The van der Waals surface area contributed by atoms with E-state index in [1.165, 1.54) is 18.3 Å². The van der Waals surface area contributed by atoms with E-state index in [4.69, 9.17) is 5.73 Å². The fourth-order valence-electron chi connectivity index (χ4n) is 1.67. The molecule has 0 fully saturated rings. The molecule has 8 heteroatoms. The second kappa shape index (κ2) is 7.61. The molecule has 0 aromatic heterocycles. The quantitative estimate of drug-likeness (QED) is 0.482. The normalized spacial score (nSPS) is 12.2. The van der Waals surface area contributed by atoms with E-state index in [1.807, 2.05) is 0 Å². The molecule has 23 heavy (non-hydrogen) atoms. The molecule has 0 aliphatic rings. The summed E-state index contributed by atoms with van der Waals surface area (Å²) in [5.41, 5.74) is 7.46. The Morgan fingerprint density at radius 3 is 2.04 bits per heavy atom. The number of nitrogens with one attached hydrogen (secondary N) is 1. The van der Waals surface area contributed by atoms with Crippen LogP contribution in [0.1, 0.15) is 0 Å². The molecule has 0 radical (unpaired) electrons. The van der Waals surface area contributed by atoms with Gasteiger partial charge < -0.3 is 5.73 Å². The van der Waals surface area contributed by atoms with Gasteiger partial charge in [-0.25, -0.2) is 13.1 Å². The summed E-state index contributed by atoms with van der Waals surface area (Å²) in [5.74, 6) is 0. The zero-order chi connectivity index (χ0) is 16.7. The number of hydrogen-bond donors (Lipinski definition) is 2. The molecule has 0 saturated carbocycles. The predicted molar refractivity (Wildman–Crippen MR) is 91.1 cm³/mol. The van der Waals surface area contributed by atoms with E-state index in [-0.39, 0.29) is 11.4 Å². The maximum Gasteiger partial charge on any atom is 0.240 e. The highest BCUT2D eigenvalue weighted by atomic mass is 32.2. The van der Waals surface area contributed by atoms with E-state index in [9.17, 15) is 8.42 Å². The van der Waals surface area contributed by atoms with Gasteiger partial charge in [0.25, 0.3) is 0 Å². The first-order valence-electron chi connectivity index (χ1n) is 6.79. The summed E-state index contributed by atoms with van der Waals surface area (Å²) in [4.78, 5) is 3.88. The number of sulfonamides is 1. The van der Waals surface area contributed by atoms with Crippen molar-refractivity contribution in [1.29, 1.82) is 0 Å². The van der Waals surface area contributed by atoms with Crippen LogP contribution in [0.4, 0.5) is 17.1 Å². The SMILES string of the molecule is CN=CCNS(=O)(=O)c1ccc(N=Nc2ccc(N)cc2)cc1. The number of rotatable bonds is 6. The second-order valence-corrected chi connectivity index (χ2v) is 6.35. The van der Waals surface area contributed by atoms with Gasteiger partial charge in [-0.05, 0) is 48.5 Å². The van der Waals surface area contributed by atoms with Gasteiger partial charge in [0.05, 0.1) is 16.3 Å². The molecule has 2 aromatic rings. The van der Waals surface area contributed by atoms with Crippen molar-refractivity contribution >= 4 is 33.3 Å². The number of nitrogens with zero attached hydrogens (tertiary/aromatic N) is 3. The van der Waals surface area contributed by atoms with E-state index in [2.05, 4.69) is 19.9 Å². The van der Waals surface area contributed by atoms with E-state index in [0.29, 0.717) is 17.1 Å². The van der Waals surface area contributed by atoms with Crippen LogP contribution in [0.5, 0.6) is 0 Å². The van der Waals surface area contributed by atoms with Gasteiger partial charge >= 0.3 is 0 Å². The molecule has 7 nitrogen and oxygen atoms in total. The van der Waals surface area contributed by atoms with Crippen LogP contribution in [0.2, 0.25) is 0 Å². The van der Waals surface area contributed by atoms with Crippen LogP contribution in [0.25, 0.3) is 0 Å². The molecule has 0 aliphatic heterocycles. The summed E-state index contributed by atoms with van der Waals surface area (Å²) in [6.07, 6.45) is 1.48. The summed E-state index contributed by atoms with van der Waals surface area (Å²) in [6.45, 7) is 0.150. The molecular formula is C15H17N5O2S. The third-order valence-electron chi connectivity index (χ3n) is 2.87. The van der Waals surface area contributed by atoms with Crippen LogP contribution in [0.15, 0.2) is 68.6 Å². The lowest BCUT2D eigenvalue weighted by Gasteiger charge is -2.04. The molecule has 2 aromatic carbocycles. The molecule has 0 aliphatic carbocycles. The molecule has 0 bridgehead atoms. The minimum absolute atomic E-state index is 0.150. The van der Waals surface area contributed by atoms with Gasteiger partial charge in [0.15, 0.2) is 0 Å². The smallest absolute Gasteiger partial charge is 0.240 e. The van der Waals surface area contributed by atoms with Crippen molar-refractivity contribution in [2.24, 2.45) is 15.2 Å². The minimum atomic E-state index is -3.55. The number of hydrogen-bond acceptors (Lipinski definition) is 6. The lowest BCUT2D eigenvalue weighted by Crippen LogP contribution is -2.25. The zero-order valence-corrected chi connectivity index (χ0v) is 13.4. The molecule has 3 N–H and O–H groups in total. The molecule has 0 unspecified atom stereocenters. The van der Waals surface area contributed by atoms with Crippen LogP contribution in [-0.4, -0.2) is 28.2 Å². The Labute approximate surface area is 135 Å². The summed E-state index contributed by atoms with van der Waals surface area (Å²) in [5, 5.41) is 8.11. The Balaban J connectivity index is 2.08. The van der Waals surface area contributed by atoms with Gasteiger partial charge in [-0.2, -0.15) is 10.2 Å². The zero-order valence-electron chi connectivity index (χ0n) is 12.5. The van der Waals surface area contributed by atoms with Crippen molar-refractivity contribution < 1.29 is 8.42 Å². The van der Waals surface area contributed by atoms with Crippen LogP contribution in [0, 0.1) is 0 Å².